The predicted molar refractivity (Wildman–Crippen MR) is 34.4 cm³/mol. The van der Waals surface area contributed by atoms with Gasteiger partial charge in [-0.2, -0.15) is 18.2 Å². The first kappa shape index (κ1) is 10.3. The van der Waals surface area contributed by atoms with Crippen molar-refractivity contribution in [2.75, 3.05) is 0 Å². The second-order valence-electron chi connectivity index (χ2n) is 1.90. The fourth-order valence-electron chi connectivity index (χ4n) is 0.482. The van der Waals surface area contributed by atoms with Gasteiger partial charge in [-0.25, -0.2) is 8.42 Å². The quantitative estimate of drug-likeness (QED) is 0.729. The highest BCUT2D eigenvalue weighted by Gasteiger charge is 2.36. The van der Waals surface area contributed by atoms with Gasteiger partial charge in [-0.1, -0.05) is 0 Å². The molecule has 0 radical (unpaired) electrons. The van der Waals surface area contributed by atoms with Crippen LogP contribution < -0.4 is 0 Å². The second-order valence-corrected chi connectivity index (χ2v) is 4.36. The molecule has 0 aliphatic carbocycles. The molecule has 0 unspecified atom stereocenters. The van der Waals surface area contributed by atoms with Gasteiger partial charge in [-0.3, -0.25) is 5.10 Å². The highest BCUT2D eigenvalue weighted by atomic mass is 35.7. The zero-order valence-corrected chi connectivity index (χ0v) is 7.20. The molecule has 0 saturated heterocycles. The minimum absolute atomic E-state index is 1.10. The lowest BCUT2D eigenvalue weighted by atomic mass is 10.6. The maximum Gasteiger partial charge on any atom is 0.451 e. The van der Waals surface area contributed by atoms with E-state index in [0.29, 0.717) is 0 Å². The highest BCUT2D eigenvalue weighted by Crippen LogP contribution is 2.26. The summed E-state index contributed by atoms with van der Waals surface area (Å²) in [6, 6.07) is 0. The number of rotatable bonds is 1. The molecule has 13 heavy (non-hydrogen) atoms. The molecule has 0 bridgehead atoms. The van der Waals surface area contributed by atoms with Crippen LogP contribution in [0.25, 0.3) is 0 Å². The molecule has 0 fully saturated rings. The smallest absolute Gasteiger partial charge is 0.254 e. The number of aromatic amines is 1. The summed E-state index contributed by atoms with van der Waals surface area (Å²) in [4.78, 5) is 2.64. The van der Waals surface area contributed by atoms with Crippen molar-refractivity contribution in [3.05, 3.63) is 5.82 Å². The van der Waals surface area contributed by atoms with Gasteiger partial charge in [-0.15, -0.1) is 5.10 Å². The van der Waals surface area contributed by atoms with Crippen molar-refractivity contribution in [3.63, 3.8) is 0 Å². The standard InChI is InChI=1S/C3HClF3N3O2S/c4-13(11,12)2-8-1(9-10-2)3(5,6)7/h(H,8,9,10). The van der Waals surface area contributed by atoms with Crippen LogP contribution in [0.1, 0.15) is 5.82 Å². The number of aromatic nitrogens is 3. The van der Waals surface area contributed by atoms with Gasteiger partial charge in [0.2, 0.25) is 5.82 Å². The molecule has 0 amide bonds. The van der Waals surface area contributed by atoms with Gasteiger partial charge >= 0.3 is 6.18 Å². The third-order valence-corrected chi connectivity index (χ3v) is 1.98. The molecule has 0 atom stereocenters. The van der Waals surface area contributed by atoms with Crippen molar-refractivity contribution in [2.45, 2.75) is 11.3 Å². The van der Waals surface area contributed by atoms with E-state index in [1.807, 2.05) is 0 Å². The number of nitrogens with one attached hydrogen (secondary N) is 1. The first-order valence-corrected chi connectivity index (χ1v) is 4.96. The van der Waals surface area contributed by atoms with Crippen molar-refractivity contribution in [2.24, 2.45) is 0 Å². The van der Waals surface area contributed by atoms with Crippen LogP contribution in [-0.4, -0.2) is 23.6 Å². The number of hydrogen-bond donors (Lipinski definition) is 1. The molecule has 5 nitrogen and oxygen atoms in total. The summed E-state index contributed by atoms with van der Waals surface area (Å²) in [7, 11) is 0.358. The van der Waals surface area contributed by atoms with Gasteiger partial charge in [0.1, 0.15) is 0 Å². The van der Waals surface area contributed by atoms with Crippen molar-refractivity contribution in [1.82, 2.24) is 15.2 Å². The third kappa shape index (κ3) is 2.31. The van der Waals surface area contributed by atoms with Crippen LogP contribution in [0.3, 0.4) is 0 Å². The normalized spacial score (nSPS) is 13.2. The fraction of sp³-hybridized carbons (Fsp3) is 0.333. The van der Waals surface area contributed by atoms with Crippen molar-refractivity contribution < 1.29 is 21.6 Å². The maximum atomic E-state index is 11.8. The fourth-order valence-corrected chi connectivity index (χ4v) is 1.04. The second kappa shape index (κ2) is 2.84. The number of H-pyrrole nitrogens is 1. The molecule has 10 heteroatoms. The Morgan fingerprint density at radius 2 is 1.92 bits per heavy atom. The van der Waals surface area contributed by atoms with E-state index in [9.17, 15) is 21.6 Å². The van der Waals surface area contributed by atoms with Crippen LogP contribution in [0.2, 0.25) is 0 Å². The first-order valence-electron chi connectivity index (χ1n) is 2.65. The molecular weight excluding hydrogens is 235 g/mol. The monoisotopic (exact) mass is 235 g/mol. The van der Waals surface area contributed by atoms with Crippen molar-refractivity contribution in [1.29, 1.82) is 0 Å². The molecule has 1 aromatic rings. The summed E-state index contributed by atoms with van der Waals surface area (Å²) in [5.74, 6) is -1.51. The van der Waals surface area contributed by atoms with Crippen LogP contribution in [0.4, 0.5) is 13.2 Å². The lowest BCUT2D eigenvalue weighted by molar-refractivity contribution is -0.144. The minimum atomic E-state index is -4.77. The molecule has 0 aromatic carbocycles. The molecular formula is C3HClF3N3O2S. The van der Waals surface area contributed by atoms with Gasteiger partial charge in [0.25, 0.3) is 14.2 Å². The molecule has 0 saturated carbocycles. The van der Waals surface area contributed by atoms with E-state index in [-0.39, 0.29) is 0 Å². The Bertz CT molecular complexity index is 410. The lowest BCUT2D eigenvalue weighted by Crippen LogP contribution is -2.07. The summed E-state index contributed by atoms with van der Waals surface area (Å²) in [5, 5.41) is 3.08. The predicted octanol–water partition coefficient (Wildman–Crippen LogP) is 0.751. The molecule has 1 aromatic heterocycles. The minimum Gasteiger partial charge on any atom is -0.254 e. The Morgan fingerprint density at radius 3 is 2.15 bits per heavy atom. The van der Waals surface area contributed by atoms with E-state index < -0.39 is 26.2 Å². The summed E-state index contributed by atoms with van der Waals surface area (Å²) in [6.45, 7) is 0. The Morgan fingerprint density at radius 1 is 1.38 bits per heavy atom. The van der Waals surface area contributed by atoms with Gasteiger partial charge in [-0.05, 0) is 0 Å². The van der Waals surface area contributed by atoms with Gasteiger partial charge in [0.15, 0.2) is 0 Å². The zero-order valence-electron chi connectivity index (χ0n) is 5.63. The molecule has 0 spiro atoms. The van der Waals surface area contributed by atoms with Crippen molar-refractivity contribution in [3.8, 4) is 0 Å². The Kier molecular flexibility index (Phi) is 2.24. The first-order chi connectivity index (χ1) is 5.71. The number of hydrogen-bond acceptors (Lipinski definition) is 4. The molecule has 74 valence electrons. The summed E-state index contributed by atoms with van der Waals surface area (Å²) >= 11 is 0. The molecule has 1 rings (SSSR count). The van der Waals surface area contributed by atoms with Crippen LogP contribution >= 0.6 is 10.7 Å². The van der Waals surface area contributed by atoms with E-state index in [1.54, 1.807) is 0 Å². The number of halogens is 4. The Hall–Kier alpha value is -0.830. The lowest BCUT2D eigenvalue weighted by Gasteiger charge is -1.97. The largest absolute Gasteiger partial charge is 0.451 e. The van der Waals surface area contributed by atoms with Crippen LogP contribution in [0, 0.1) is 0 Å². The molecule has 0 aliphatic rings. The third-order valence-electron chi connectivity index (χ3n) is 0.951. The van der Waals surface area contributed by atoms with Crippen LogP contribution in [0.15, 0.2) is 5.16 Å². The van der Waals surface area contributed by atoms with E-state index in [0.717, 1.165) is 0 Å². The number of alkyl halides is 3. The van der Waals surface area contributed by atoms with Crippen LogP contribution in [0.5, 0.6) is 0 Å². The maximum absolute atomic E-state index is 11.8. The van der Waals surface area contributed by atoms with Gasteiger partial charge < -0.3 is 0 Å². The zero-order chi connectivity index (χ0) is 10.3. The SMILES string of the molecule is O=S(=O)(Cl)c1n[nH]c(C(F)(F)F)n1. The average molecular weight is 236 g/mol. The summed E-state index contributed by atoms with van der Waals surface area (Å²) < 4.78 is 56.3. The van der Waals surface area contributed by atoms with E-state index >= 15 is 0 Å². The highest BCUT2D eigenvalue weighted by molar-refractivity contribution is 8.13. The Labute approximate surface area is 74.3 Å². The Balaban J connectivity index is 3.16. The molecule has 0 aliphatic heterocycles. The molecule has 1 N–H and O–H groups in total. The van der Waals surface area contributed by atoms with E-state index in [1.165, 1.54) is 5.10 Å². The van der Waals surface area contributed by atoms with E-state index in [4.69, 9.17) is 0 Å². The van der Waals surface area contributed by atoms with Crippen molar-refractivity contribution >= 4 is 19.7 Å². The number of nitrogens with zero attached hydrogens (tertiary/aromatic N) is 2. The van der Waals surface area contributed by atoms with Crippen LogP contribution in [-0.2, 0) is 15.2 Å². The summed E-state index contributed by atoms with van der Waals surface area (Å²) in [5.41, 5.74) is 0. The van der Waals surface area contributed by atoms with Gasteiger partial charge in [0.05, 0.1) is 0 Å². The topological polar surface area (TPSA) is 75.7 Å². The van der Waals surface area contributed by atoms with Gasteiger partial charge in [0, 0.05) is 10.7 Å². The molecule has 1 heterocycles. The van der Waals surface area contributed by atoms with E-state index in [2.05, 4.69) is 20.8 Å². The summed E-state index contributed by atoms with van der Waals surface area (Å²) in [6.07, 6.45) is -4.77. The average Bonchev–Trinajstić information content (AvgIpc) is 2.28.